The lowest BCUT2D eigenvalue weighted by Gasteiger charge is -2.11. The number of rotatable bonds is 8. The number of anilines is 1. The Bertz CT molecular complexity index is 1290. The zero-order valence-electron chi connectivity index (χ0n) is 17.4. The molecule has 0 atom stereocenters. The second-order valence-corrected chi connectivity index (χ2v) is 8.74. The summed E-state index contributed by atoms with van der Waals surface area (Å²) in [6.45, 7) is -2.91. The van der Waals surface area contributed by atoms with E-state index in [1.807, 2.05) is 30.3 Å². The van der Waals surface area contributed by atoms with Gasteiger partial charge in [0.25, 0.3) is 0 Å². The highest BCUT2D eigenvalue weighted by molar-refractivity contribution is 9.10. The third-order valence-electron chi connectivity index (χ3n) is 4.54. The monoisotopic (exact) mass is 546 g/mol. The Morgan fingerprint density at radius 1 is 1.09 bits per heavy atom. The molecule has 0 unspecified atom stereocenters. The number of alkyl halides is 2. The lowest BCUT2D eigenvalue weighted by atomic mass is 10.2. The van der Waals surface area contributed by atoms with Crippen molar-refractivity contribution in [2.75, 3.05) is 11.1 Å². The fourth-order valence-corrected chi connectivity index (χ4v) is 4.19. The van der Waals surface area contributed by atoms with E-state index >= 15 is 0 Å². The zero-order valence-corrected chi connectivity index (χ0v) is 19.8. The van der Waals surface area contributed by atoms with Crippen LogP contribution in [0.3, 0.4) is 0 Å². The number of hydrogen-bond acceptors (Lipinski definition) is 6. The van der Waals surface area contributed by atoms with Gasteiger partial charge in [0.05, 0.1) is 11.3 Å². The van der Waals surface area contributed by atoms with Crippen molar-refractivity contribution in [3.8, 4) is 28.6 Å². The summed E-state index contributed by atoms with van der Waals surface area (Å²) >= 11 is 4.57. The number of nitrogens with zero attached hydrogens (tertiary/aromatic N) is 3. The minimum absolute atomic E-state index is 0.00154. The number of aromatic hydroxyl groups is 1. The standard InChI is InChI=1S/C23H17BrF2N4O3S/c24-14-6-11-19(31)18(12-14)21-28-29-23(30(21)16-4-2-1-3-5-16)34-13-20(32)27-15-7-9-17(10-8-15)33-22(25)26/h1-12,22,31H,13H2,(H,27,32). The molecule has 2 N–H and O–H groups in total. The SMILES string of the molecule is O=C(CSc1nnc(-c2cc(Br)ccc2O)n1-c1ccccc1)Nc1ccc(OC(F)F)cc1. The molecule has 34 heavy (non-hydrogen) atoms. The first-order chi connectivity index (χ1) is 16.4. The summed E-state index contributed by atoms with van der Waals surface area (Å²) in [5.74, 6) is 0.164. The quantitative estimate of drug-likeness (QED) is 0.274. The van der Waals surface area contributed by atoms with Crippen molar-refractivity contribution < 1.29 is 23.4 Å². The van der Waals surface area contributed by atoms with Gasteiger partial charge >= 0.3 is 6.61 Å². The Morgan fingerprint density at radius 2 is 1.82 bits per heavy atom. The maximum atomic E-state index is 12.5. The molecule has 1 heterocycles. The topological polar surface area (TPSA) is 89.3 Å². The van der Waals surface area contributed by atoms with Crippen LogP contribution in [0.25, 0.3) is 17.1 Å². The molecule has 0 saturated carbocycles. The van der Waals surface area contributed by atoms with Crippen LogP contribution in [0.5, 0.6) is 11.5 Å². The largest absolute Gasteiger partial charge is 0.507 e. The molecule has 0 bridgehead atoms. The van der Waals surface area contributed by atoms with Crippen LogP contribution in [-0.2, 0) is 4.79 Å². The summed E-state index contributed by atoms with van der Waals surface area (Å²) in [5.41, 5.74) is 1.68. The van der Waals surface area contributed by atoms with Crippen LogP contribution >= 0.6 is 27.7 Å². The molecule has 0 spiro atoms. The van der Waals surface area contributed by atoms with E-state index < -0.39 is 6.61 Å². The first kappa shape index (κ1) is 23.7. The Balaban J connectivity index is 1.53. The van der Waals surface area contributed by atoms with Gasteiger partial charge in [0.2, 0.25) is 5.91 Å². The number of aromatic nitrogens is 3. The number of nitrogens with one attached hydrogen (secondary N) is 1. The van der Waals surface area contributed by atoms with Gasteiger partial charge in [-0.1, -0.05) is 45.9 Å². The summed E-state index contributed by atoms with van der Waals surface area (Å²) in [4.78, 5) is 12.5. The molecule has 1 aromatic heterocycles. The molecular weight excluding hydrogens is 530 g/mol. The number of thioether (sulfide) groups is 1. The average Bonchev–Trinajstić information content (AvgIpc) is 3.24. The summed E-state index contributed by atoms with van der Waals surface area (Å²) in [6.07, 6.45) is 0. The smallest absolute Gasteiger partial charge is 0.387 e. The Hall–Kier alpha value is -3.44. The maximum Gasteiger partial charge on any atom is 0.387 e. The van der Waals surface area contributed by atoms with Crippen LogP contribution in [0.15, 0.2) is 82.4 Å². The van der Waals surface area contributed by atoms with E-state index in [0.29, 0.717) is 22.2 Å². The Morgan fingerprint density at radius 3 is 2.53 bits per heavy atom. The van der Waals surface area contributed by atoms with Crippen LogP contribution in [0.2, 0.25) is 0 Å². The molecule has 4 aromatic rings. The van der Waals surface area contributed by atoms with Crippen LogP contribution in [0, 0.1) is 0 Å². The van der Waals surface area contributed by atoms with Crippen LogP contribution < -0.4 is 10.1 Å². The summed E-state index contributed by atoms with van der Waals surface area (Å²) in [5, 5.41) is 22.1. The second-order valence-electron chi connectivity index (χ2n) is 6.88. The summed E-state index contributed by atoms with van der Waals surface area (Å²) in [6, 6.07) is 20.0. The molecule has 0 aliphatic carbocycles. The van der Waals surface area contributed by atoms with E-state index in [1.54, 1.807) is 22.8 Å². The van der Waals surface area contributed by atoms with Gasteiger partial charge < -0.3 is 15.2 Å². The van der Waals surface area contributed by atoms with E-state index in [-0.39, 0.29) is 23.2 Å². The molecule has 0 saturated heterocycles. The second kappa shape index (κ2) is 10.7. The molecule has 0 radical (unpaired) electrons. The van der Waals surface area contributed by atoms with E-state index in [4.69, 9.17) is 0 Å². The maximum absolute atomic E-state index is 12.5. The van der Waals surface area contributed by atoms with E-state index in [0.717, 1.165) is 10.2 Å². The number of carbonyl (C=O) groups excluding carboxylic acids is 1. The highest BCUT2D eigenvalue weighted by Crippen LogP contribution is 2.34. The normalized spacial score (nSPS) is 10.9. The van der Waals surface area contributed by atoms with Crippen molar-refractivity contribution in [3.63, 3.8) is 0 Å². The number of carbonyl (C=O) groups is 1. The predicted octanol–water partition coefficient (Wildman–Crippen LogP) is 5.73. The highest BCUT2D eigenvalue weighted by atomic mass is 79.9. The zero-order chi connectivity index (χ0) is 24.1. The van der Waals surface area contributed by atoms with Gasteiger partial charge in [-0.2, -0.15) is 8.78 Å². The Labute approximate surface area is 205 Å². The molecule has 3 aromatic carbocycles. The van der Waals surface area contributed by atoms with Crippen molar-refractivity contribution >= 4 is 39.3 Å². The highest BCUT2D eigenvalue weighted by Gasteiger charge is 2.20. The van der Waals surface area contributed by atoms with Gasteiger partial charge in [0, 0.05) is 15.8 Å². The van der Waals surface area contributed by atoms with E-state index in [9.17, 15) is 18.7 Å². The lowest BCUT2D eigenvalue weighted by Crippen LogP contribution is -2.14. The third-order valence-corrected chi connectivity index (χ3v) is 5.97. The van der Waals surface area contributed by atoms with E-state index in [1.165, 1.54) is 36.0 Å². The van der Waals surface area contributed by atoms with Crippen LogP contribution in [-0.4, -0.2) is 38.1 Å². The molecule has 11 heteroatoms. The fourth-order valence-electron chi connectivity index (χ4n) is 3.08. The van der Waals surface area contributed by atoms with E-state index in [2.05, 4.69) is 36.2 Å². The first-order valence-electron chi connectivity index (χ1n) is 9.88. The molecule has 7 nitrogen and oxygen atoms in total. The summed E-state index contributed by atoms with van der Waals surface area (Å²) < 4.78 is 31.4. The van der Waals surface area contributed by atoms with Gasteiger partial charge in [0.1, 0.15) is 11.5 Å². The van der Waals surface area contributed by atoms with Gasteiger partial charge in [-0.25, -0.2) is 0 Å². The minimum atomic E-state index is -2.91. The van der Waals surface area contributed by atoms with Crippen molar-refractivity contribution in [2.45, 2.75) is 11.8 Å². The molecule has 0 aliphatic rings. The van der Waals surface area contributed by atoms with Crippen molar-refractivity contribution in [3.05, 3.63) is 77.3 Å². The number of benzene rings is 3. The number of hydrogen-bond donors (Lipinski definition) is 2. The van der Waals surface area contributed by atoms with Crippen molar-refractivity contribution in [2.24, 2.45) is 0 Å². The molecule has 174 valence electrons. The molecular formula is C23H17BrF2N4O3S. The molecule has 4 rings (SSSR count). The van der Waals surface area contributed by atoms with Crippen molar-refractivity contribution in [1.82, 2.24) is 14.8 Å². The number of halogens is 3. The van der Waals surface area contributed by atoms with Crippen LogP contribution in [0.4, 0.5) is 14.5 Å². The van der Waals surface area contributed by atoms with Crippen LogP contribution in [0.1, 0.15) is 0 Å². The molecule has 0 aliphatic heterocycles. The molecule has 1 amide bonds. The summed E-state index contributed by atoms with van der Waals surface area (Å²) in [7, 11) is 0. The fraction of sp³-hybridized carbons (Fsp3) is 0.0870. The number of amides is 1. The minimum Gasteiger partial charge on any atom is -0.507 e. The van der Waals surface area contributed by atoms with Crippen molar-refractivity contribution in [1.29, 1.82) is 0 Å². The third kappa shape index (κ3) is 5.72. The number of phenols is 1. The predicted molar refractivity (Wildman–Crippen MR) is 129 cm³/mol. The lowest BCUT2D eigenvalue weighted by molar-refractivity contribution is -0.113. The van der Waals surface area contributed by atoms with Gasteiger partial charge in [-0.05, 0) is 54.6 Å². The average molecular weight is 547 g/mol. The number of phenolic OH excluding ortho intramolecular Hbond substituents is 1. The van der Waals surface area contributed by atoms with Gasteiger partial charge in [-0.15, -0.1) is 10.2 Å². The number of ether oxygens (including phenoxy) is 1. The van der Waals surface area contributed by atoms with Gasteiger partial charge in [-0.3, -0.25) is 9.36 Å². The van der Waals surface area contributed by atoms with Gasteiger partial charge in [0.15, 0.2) is 11.0 Å². The molecule has 0 fully saturated rings. The Kier molecular flexibility index (Phi) is 7.43. The number of para-hydroxylation sites is 1. The first-order valence-corrected chi connectivity index (χ1v) is 11.7.